The lowest BCUT2D eigenvalue weighted by Gasteiger charge is -2.03. The van der Waals surface area contributed by atoms with Gasteiger partial charge in [-0.3, -0.25) is 4.79 Å². The molecule has 1 aromatic carbocycles. The van der Waals surface area contributed by atoms with Gasteiger partial charge in [0.05, 0.1) is 6.61 Å². The van der Waals surface area contributed by atoms with Gasteiger partial charge in [0.25, 0.3) is 0 Å². The van der Waals surface area contributed by atoms with E-state index in [1.54, 1.807) is 11.3 Å². The maximum atomic E-state index is 11.3. The van der Waals surface area contributed by atoms with E-state index >= 15 is 0 Å². The van der Waals surface area contributed by atoms with Crippen LogP contribution in [0.25, 0.3) is 10.1 Å². The number of esters is 1. The number of benzene rings is 1. The Morgan fingerprint density at radius 2 is 2.25 bits per heavy atom. The number of carbonyl (C=O) groups is 1. The molecule has 2 rings (SSSR count). The predicted molar refractivity (Wildman–Crippen MR) is 66.8 cm³/mol. The minimum atomic E-state index is -0.115. The van der Waals surface area contributed by atoms with Crippen molar-refractivity contribution in [1.29, 1.82) is 0 Å². The summed E-state index contributed by atoms with van der Waals surface area (Å²) in [4.78, 5) is 11.3. The van der Waals surface area contributed by atoms with E-state index in [1.165, 1.54) is 15.6 Å². The molecular formula is C13H14O2S. The number of fused-ring (bicyclic) bond motifs is 1. The molecule has 0 aliphatic heterocycles. The summed E-state index contributed by atoms with van der Waals surface area (Å²) >= 11 is 1.73. The topological polar surface area (TPSA) is 26.3 Å². The highest BCUT2D eigenvalue weighted by Gasteiger charge is 2.06. The number of carbonyl (C=O) groups excluding carboxylic acids is 1. The maximum Gasteiger partial charge on any atom is 0.306 e. The lowest BCUT2D eigenvalue weighted by molar-refractivity contribution is -0.143. The van der Waals surface area contributed by atoms with E-state index in [4.69, 9.17) is 4.74 Å². The first-order valence-electron chi connectivity index (χ1n) is 5.42. The molecular weight excluding hydrogens is 220 g/mol. The van der Waals surface area contributed by atoms with Crippen LogP contribution in [0.15, 0.2) is 29.6 Å². The molecule has 0 aliphatic rings. The second kappa shape index (κ2) is 5.12. The highest BCUT2D eigenvalue weighted by Crippen LogP contribution is 2.25. The highest BCUT2D eigenvalue weighted by molar-refractivity contribution is 7.17. The fraction of sp³-hybridized carbons (Fsp3) is 0.308. The van der Waals surface area contributed by atoms with E-state index in [0.29, 0.717) is 13.0 Å². The summed E-state index contributed by atoms with van der Waals surface area (Å²) in [7, 11) is 0. The summed E-state index contributed by atoms with van der Waals surface area (Å²) < 4.78 is 6.21. The highest BCUT2D eigenvalue weighted by atomic mass is 32.1. The summed E-state index contributed by atoms with van der Waals surface area (Å²) in [5.74, 6) is -0.115. The zero-order valence-electron chi connectivity index (χ0n) is 9.23. The van der Waals surface area contributed by atoms with Crippen LogP contribution >= 0.6 is 11.3 Å². The lowest BCUT2D eigenvalue weighted by Crippen LogP contribution is -2.05. The van der Waals surface area contributed by atoms with Gasteiger partial charge in [0, 0.05) is 11.1 Å². The number of rotatable bonds is 4. The number of aryl methyl sites for hydroxylation is 1. The second-order valence-corrected chi connectivity index (χ2v) is 4.48. The van der Waals surface area contributed by atoms with Crippen molar-refractivity contribution >= 4 is 27.4 Å². The van der Waals surface area contributed by atoms with E-state index in [9.17, 15) is 4.79 Å². The van der Waals surface area contributed by atoms with Gasteiger partial charge in [-0.1, -0.05) is 18.2 Å². The average Bonchev–Trinajstić information content (AvgIpc) is 2.75. The van der Waals surface area contributed by atoms with Gasteiger partial charge in [-0.2, -0.15) is 0 Å². The van der Waals surface area contributed by atoms with E-state index in [1.807, 2.05) is 13.0 Å². The lowest BCUT2D eigenvalue weighted by atomic mass is 10.1. The first-order chi connectivity index (χ1) is 7.81. The molecule has 0 unspecified atom stereocenters. The van der Waals surface area contributed by atoms with Crippen LogP contribution in [0.1, 0.15) is 18.9 Å². The second-order valence-electron chi connectivity index (χ2n) is 3.56. The zero-order valence-corrected chi connectivity index (χ0v) is 10.0. The third-order valence-electron chi connectivity index (χ3n) is 2.46. The Morgan fingerprint density at radius 3 is 3.06 bits per heavy atom. The molecule has 16 heavy (non-hydrogen) atoms. The molecule has 2 nitrogen and oxygen atoms in total. The van der Waals surface area contributed by atoms with Crippen molar-refractivity contribution in [3.05, 3.63) is 35.2 Å². The predicted octanol–water partition coefficient (Wildman–Crippen LogP) is 3.40. The smallest absolute Gasteiger partial charge is 0.306 e. The molecule has 0 aliphatic carbocycles. The van der Waals surface area contributed by atoms with Crippen molar-refractivity contribution in [2.24, 2.45) is 0 Å². The Bertz CT molecular complexity index is 487. The number of hydrogen-bond acceptors (Lipinski definition) is 3. The van der Waals surface area contributed by atoms with Gasteiger partial charge < -0.3 is 4.74 Å². The SMILES string of the molecule is CCOC(=O)CCc1cccc2ccsc12. The maximum absolute atomic E-state index is 11.3. The van der Waals surface area contributed by atoms with Crippen LogP contribution in [0.3, 0.4) is 0 Å². The molecule has 0 bridgehead atoms. The van der Waals surface area contributed by atoms with Crippen LogP contribution in [0, 0.1) is 0 Å². The van der Waals surface area contributed by atoms with Crippen LogP contribution in [0.2, 0.25) is 0 Å². The van der Waals surface area contributed by atoms with Gasteiger partial charge >= 0.3 is 5.97 Å². The van der Waals surface area contributed by atoms with Crippen molar-refractivity contribution in [2.45, 2.75) is 19.8 Å². The molecule has 0 atom stereocenters. The minimum Gasteiger partial charge on any atom is -0.466 e. The fourth-order valence-corrected chi connectivity index (χ4v) is 2.67. The average molecular weight is 234 g/mol. The molecule has 0 saturated carbocycles. The quantitative estimate of drug-likeness (QED) is 0.758. The van der Waals surface area contributed by atoms with E-state index in [0.717, 1.165) is 6.42 Å². The molecule has 0 fully saturated rings. The third kappa shape index (κ3) is 2.42. The molecule has 0 amide bonds. The first-order valence-corrected chi connectivity index (χ1v) is 6.30. The normalized spacial score (nSPS) is 10.6. The molecule has 84 valence electrons. The molecule has 1 aromatic heterocycles. The standard InChI is InChI=1S/C13H14O2S/c1-2-15-12(14)7-6-10-4-3-5-11-8-9-16-13(10)11/h3-5,8-9H,2,6-7H2,1H3. The van der Waals surface area contributed by atoms with Crippen LogP contribution in [-0.4, -0.2) is 12.6 Å². The first kappa shape index (κ1) is 11.1. The van der Waals surface area contributed by atoms with Crippen molar-refractivity contribution < 1.29 is 9.53 Å². The molecule has 0 spiro atoms. The van der Waals surface area contributed by atoms with Gasteiger partial charge in [-0.25, -0.2) is 0 Å². The van der Waals surface area contributed by atoms with E-state index in [-0.39, 0.29) is 5.97 Å². The molecule has 0 N–H and O–H groups in total. The summed E-state index contributed by atoms with van der Waals surface area (Å²) in [5, 5.41) is 3.34. The van der Waals surface area contributed by atoms with E-state index in [2.05, 4.69) is 23.6 Å². The van der Waals surface area contributed by atoms with Crippen LogP contribution in [0.4, 0.5) is 0 Å². The van der Waals surface area contributed by atoms with Gasteiger partial charge in [0.1, 0.15) is 0 Å². The van der Waals surface area contributed by atoms with Crippen molar-refractivity contribution in [2.75, 3.05) is 6.61 Å². The van der Waals surface area contributed by atoms with Crippen LogP contribution in [-0.2, 0) is 16.0 Å². The van der Waals surface area contributed by atoms with E-state index < -0.39 is 0 Å². The summed E-state index contributed by atoms with van der Waals surface area (Å²) in [6.07, 6.45) is 1.22. The van der Waals surface area contributed by atoms with Crippen molar-refractivity contribution in [1.82, 2.24) is 0 Å². The summed E-state index contributed by atoms with van der Waals surface area (Å²) in [5.41, 5.74) is 1.24. The van der Waals surface area contributed by atoms with Crippen molar-refractivity contribution in [3.63, 3.8) is 0 Å². The van der Waals surface area contributed by atoms with Gasteiger partial charge in [0.2, 0.25) is 0 Å². The van der Waals surface area contributed by atoms with Crippen molar-refractivity contribution in [3.8, 4) is 0 Å². The summed E-state index contributed by atoms with van der Waals surface area (Å²) in [6, 6.07) is 8.32. The number of ether oxygens (including phenoxy) is 1. The number of hydrogen-bond donors (Lipinski definition) is 0. The Hall–Kier alpha value is -1.35. The monoisotopic (exact) mass is 234 g/mol. The fourth-order valence-electron chi connectivity index (χ4n) is 1.72. The zero-order chi connectivity index (χ0) is 11.4. The Morgan fingerprint density at radius 1 is 1.38 bits per heavy atom. The van der Waals surface area contributed by atoms with Gasteiger partial charge in [-0.05, 0) is 35.7 Å². The largest absolute Gasteiger partial charge is 0.466 e. The summed E-state index contributed by atoms with van der Waals surface area (Å²) in [6.45, 7) is 2.29. The molecule has 0 saturated heterocycles. The minimum absolute atomic E-state index is 0.115. The molecule has 3 heteroatoms. The molecule has 0 radical (unpaired) electrons. The van der Waals surface area contributed by atoms with Crippen LogP contribution in [0.5, 0.6) is 0 Å². The van der Waals surface area contributed by atoms with Gasteiger partial charge in [-0.15, -0.1) is 11.3 Å². The molecule has 2 aromatic rings. The third-order valence-corrected chi connectivity index (χ3v) is 3.47. The Labute approximate surface area is 98.9 Å². The Kier molecular flexibility index (Phi) is 3.57. The molecule has 1 heterocycles. The number of thiophene rings is 1. The Balaban J connectivity index is 2.09. The van der Waals surface area contributed by atoms with Crippen LogP contribution < -0.4 is 0 Å². The van der Waals surface area contributed by atoms with Gasteiger partial charge in [0.15, 0.2) is 0 Å².